The molecule has 1 saturated heterocycles. The lowest BCUT2D eigenvalue weighted by Crippen LogP contribution is -2.34. The van der Waals surface area contributed by atoms with Crippen molar-refractivity contribution < 1.29 is 9.47 Å². The van der Waals surface area contributed by atoms with Crippen LogP contribution in [0, 0.1) is 0 Å². The van der Waals surface area contributed by atoms with Crippen LogP contribution in [0.15, 0.2) is 6.20 Å². The first kappa shape index (κ1) is 16.0. The van der Waals surface area contributed by atoms with E-state index in [0.717, 1.165) is 52.0 Å². The second kappa shape index (κ2) is 7.11. The zero-order chi connectivity index (χ0) is 15.4. The Labute approximate surface area is 133 Å². The van der Waals surface area contributed by atoms with Crippen molar-refractivity contribution in [1.29, 1.82) is 0 Å². The van der Waals surface area contributed by atoms with E-state index in [-0.39, 0.29) is 5.79 Å². The molecule has 5 nitrogen and oxygen atoms in total. The largest absolute Gasteiger partial charge is 0.348 e. The van der Waals surface area contributed by atoms with Gasteiger partial charge >= 0.3 is 0 Å². The molecule has 1 saturated carbocycles. The lowest BCUT2D eigenvalue weighted by molar-refractivity contribution is -0.179. The molecule has 0 amide bonds. The van der Waals surface area contributed by atoms with Gasteiger partial charge < -0.3 is 14.4 Å². The molecule has 0 unspecified atom stereocenters. The molecule has 0 atom stereocenters. The van der Waals surface area contributed by atoms with Crippen LogP contribution < -0.4 is 0 Å². The van der Waals surface area contributed by atoms with E-state index < -0.39 is 0 Å². The molecule has 1 aliphatic carbocycles. The van der Waals surface area contributed by atoms with Gasteiger partial charge in [-0.05, 0) is 32.9 Å². The molecule has 1 N–H and O–H groups in total. The number of rotatable bonds is 6. The third kappa shape index (κ3) is 3.53. The molecule has 1 aliphatic heterocycles. The molecule has 2 heterocycles. The molecule has 0 radical (unpaired) electrons. The highest BCUT2D eigenvalue weighted by atomic mass is 16.7. The Kier molecular flexibility index (Phi) is 5.16. The first-order valence-electron chi connectivity index (χ1n) is 8.71. The number of aromatic amines is 1. The highest BCUT2D eigenvalue weighted by molar-refractivity contribution is 5.21. The van der Waals surface area contributed by atoms with E-state index >= 15 is 0 Å². The van der Waals surface area contributed by atoms with E-state index in [1.54, 1.807) is 0 Å². The van der Waals surface area contributed by atoms with E-state index in [0.29, 0.717) is 5.92 Å². The van der Waals surface area contributed by atoms with Crippen LogP contribution in [0.2, 0.25) is 0 Å². The lowest BCUT2D eigenvalue weighted by Gasteiger charge is -2.35. The van der Waals surface area contributed by atoms with Crippen molar-refractivity contribution in [2.45, 2.75) is 63.7 Å². The van der Waals surface area contributed by atoms with Gasteiger partial charge in [0.1, 0.15) is 0 Å². The minimum absolute atomic E-state index is 0.269. The molecule has 3 rings (SSSR count). The predicted molar refractivity (Wildman–Crippen MR) is 85.7 cm³/mol. The number of aromatic nitrogens is 2. The Balaban J connectivity index is 1.58. The van der Waals surface area contributed by atoms with Crippen molar-refractivity contribution >= 4 is 0 Å². The fourth-order valence-corrected chi connectivity index (χ4v) is 3.73. The molecule has 0 aromatic carbocycles. The summed E-state index contributed by atoms with van der Waals surface area (Å²) in [6, 6.07) is 0. The van der Waals surface area contributed by atoms with E-state index in [4.69, 9.17) is 9.47 Å². The molecule has 124 valence electrons. The third-order valence-electron chi connectivity index (χ3n) is 5.05. The molecular weight excluding hydrogens is 278 g/mol. The van der Waals surface area contributed by atoms with Crippen molar-refractivity contribution in [3.63, 3.8) is 0 Å². The number of hydrogen-bond donors (Lipinski definition) is 1. The normalized spacial score (nSPS) is 22.0. The van der Waals surface area contributed by atoms with Gasteiger partial charge in [-0.2, -0.15) is 5.10 Å². The fourth-order valence-electron chi connectivity index (χ4n) is 3.73. The second-order valence-electron chi connectivity index (χ2n) is 6.78. The Morgan fingerprint density at radius 2 is 2.05 bits per heavy atom. The quantitative estimate of drug-likeness (QED) is 0.877. The van der Waals surface area contributed by atoms with Crippen LogP contribution in [-0.2, 0) is 16.0 Å². The monoisotopic (exact) mass is 307 g/mol. The van der Waals surface area contributed by atoms with Gasteiger partial charge in [0.15, 0.2) is 5.79 Å². The zero-order valence-electron chi connectivity index (χ0n) is 13.9. The van der Waals surface area contributed by atoms with Crippen LogP contribution >= 0.6 is 0 Å². The molecule has 22 heavy (non-hydrogen) atoms. The van der Waals surface area contributed by atoms with Crippen molar-refractivity contribution in [2.75, 3.05) is 26.8 Å². The maximum atomic E-state index is 5.83. The van der Waals surface area contributed by atoms with E-state index in [1.807, 2.05) is 6.20 Å². The average molecular weight is 307 g/mol. The number of unbranched alkanes of at least 4 members (excludes halogenated alkanes) is 1. The van der Waals surface area contributed by atoms with Crippen LogP contribution in [0.25, 0.3) is 0 Å². The summed E-state index contributed by atoms with van der Waals surface area (Å²) in [7, 11) is 2.20. The van der Waals surface area contributed by atoms with E-state index in [1.165, 1.54) is 24.1 Å². The summed E-state index contributed by atoms with van der Waals surface area (Å²) < 4.78 is 11.7. The number of H-pyrrole nitrogens is 1. The summed E-state index contributed by atoms with van der Waals surface area (Å²) in [5.74, 6) is 0.296. The van der Waals surface area contributed by atoms with Gasteiger partial charge in [-0.15, -0.1) is 0 Å². The fraction of sp³-hybridized carbons (Fsp3) is 0.824. The minimum Gasteiger partial charge on any atom is -0.348 e. The zero-order valence-corrected chi connectivity index (χ0v) is 13.9. The Morgan fingerprint density at radius 3 is 2.73 bits per heavy atom. The van der Waals surface area contributed by atoms with Crippen molar-refractivity contribution in [2.24, 2.45) is 0 Å². The summed E-state index contributed by atoms with van der Waals surface area (Å²) >= 11 is 0. The Bertz CT molecular complexity index is 458. The number of ether oxygens (including phenoxy) is 2. The summed E-state index contributed by atoms with van der Waals surface area (Å²) in [5.41, 5.74) is 2.68. The minimum atomic E-state index is -0.269. The second-order valence-corrected chi connectivity index (χ2v) is 6.78. The summed E-state index contributed by atoms with van der Waals surface area (Å²) in [5, 5.41) is 7.56. The van der Waals surface area contributed by atoms with Crippen LogP contribution in [-0.4, -0.2) is 47.7 Å². The van der Waals surface area contributed by atoms with Crippen LogP contribution in [0.3, 0.4) is 0 Å². The van der Waals surface area contributed by atoms with E-state index in [9.17, 15) is 0 Å². The molecule has 1 aromatic rings. The van der Waals surface area contributed by atoms with Crippen molar-refractivity contribution in [3.8, 4) is 0 Å². The highest BCUT2D eigenvalue weighted by Gasteiger charge is 2.41. The topological polar surface area (TPSA) is 50.4 Å². The summed E-state index contributed by atoms with van der Waals surface area (Å²) in [6.07, 6.45) is 8.74. The lowest BCUT2D eigenvalue weighted by atomic mass is 9.82. The maximum absolute atomic E-state index is 5.83. The van der Waals surface area contributed by atoms with Gasteiger partial charge in [0.05, 0.1) is 19.4 Å². The van der Waals surface area contributed by atoms with Crippen molar-refractivity contribution in [3.05, 3.63) is 17.5 Å². The predicted octanol–water partition coefficient (Wildman–Crippen LogP) is 3.04. The van der Waals surface area contributed by atoms with E-state index in [2.05, 4.69) is 29.1 Å². The Hall–Kier alpha value is -0.910. The number of nitrogens with zero attached hydrogens (tertiary/aromatic N) is 2. The summed E-state index contributed by atoms with van der Waals surface area (Å²) in [6.45, 7) is 5.88. The molecule has 1 aromatic heterocycles. The van der Waals surface area contributed by atoms with Crippen LogP contribution in [0.1, 0.15) is 62.6 Å². The smallest absolute Gasteiger partial charge is 0.168 e. The van der Waals surface area contributed by atoms with Gasteiger partial charge in [-0.1, -0.05) is 13.3 Å². The molecule has 0 bridgehead atoms. The highest BCUT2D eigenvalue weighted by Crippen LogP contribution is 2.42. The van der Waals surface area contributed by atoms with Crippen LogP contribution in [0.4, 0.5) is 0 Å². The third-order valence-corrected chi connectivity index (χ3v) is 5.05. The molecule has 2 aliphatic rings. The molecule has 1 spiro atoms. The maximum Gasteiger partial charge on any atom is 0.168 e. The number of nitrogens with one attached hydrogen (secondary N) is 1. The van der Waals surface area contributed by atoms with Gasteiger partial charge in [0.25, 0.3) is 0 Å². The van der Waals surface area contributed by atoms with Gasteiger partial charge in [0.2, 0.25) is 0 Å². The average Bonchev–Trinajstić information content (AvgIpc) is 3.16. The Morgan fingerprint density at radius 1 is 1.32 bits per heavy atom. The molecular formula is C17H29N3O2. The van der Waals surface area contributed by atoms with Gasteiger partial charge in [-0.3, -0.25) is 5.10 Å². The van der Waals surface area contributed by atoms with Crippen molar-refractivity contribution in [1.82, 2.24) is 15.1 Å². The standard InChI is InChI=1S/C17H29N3O2/c1-3-4-9-20(2)13-15-12-18-19-16(15)14-5-7-17(8-6-14)21-10-11-22-17/h12,14H,3-11,13H2,1-2H3,(H,18,19). The van der Waals surface area contributed by atoms with Crippen LogP contribution in [0.5, 0.6) is 0 Å². The van der Waals surface area contributed by atoms with Gasteiger partial charge in [0, 0.05) is 36.6 Å². The molecule has 2 fully saturated rings. The first-order valence-corrected chi connectivity index (χ1v) is 8.71. The summed E-state index contributed by atoms with van der Waals surface area (Å²) in [4.78, 5) is 2.39. The molecule has 5 heteroatoms. The number of hydrogen-bond acceptors (Lipinski definition) is 4. The van der Waals surface area contributed by atoms with Gasteiger partial charge in [-0.25, -0.2) is 0 Å². The first-order chi connectivity index (χ1) is 10.7. The SMILES string of the molecule is CCCCN(C)Cc1cn[nH]c1C1CCC2(CC1)OCCO2.